The molecule has 0 saturated heterocycles. The summed E-state index contributed by atoms with van der Waals surface area (Å²) >= 11 is 0. The minimum absolute atomic E-state index is 0.0756. The molecule has 0 aliphatic heterocycles. The highest BCUT2D eigenvalue weighted by molar-refractivity contribution is 7.86. The van der Waals surface area contributed by atoms with Crippen LogP contribution in [0, 0.1) is 0 Å². The summed E-state index contributed by atoms with van der Waals surface area (Å²) in [6.45, 7) is 0.231. The second kappa shape index (κ2) is 5.10. The Morgan fingerprint density at radius 2 is 2.08 bits per heavy atom. The van der Waals surface area contributed by atoms with Crippen LogP contribution in [0.5, 0.6) is 0 Å². The van der Waals surface area contributed by atoms with E-state index in [-0.39, 0.29) is 12.3 Å². The van der Waals surface area contributed by atoms with Gasteiger partial charge in [0.25, 0.3) is 10.1 Å². The zero-order chi connectivity index (χ0) is 9.61. The lowest BCUT2D eigenvalue weighted by molar-refractivity contribution is 0.398. The summed E-state index contributed by atoms with van der Waals surface area (Å²) in [5.74, 6) is -0.0756. The lowest BCUT2D eigenvalue weighted by Crippen LogP contribution is -2.13. The van der Waals surface area contributed by atoms with E-state index in [1.807, 2.05) is 14.1 Å². The fourth-order valence-electron chi connectivity index (χ4n) is 0.469. The van der Waals surface area contributed by atoms with Gasteiger partial charge in [0.1, 0.15) is 0 Å². The molecular weight excluding hydrogens is 180 g/mol. The molecule has 0 bridgehead atoms. The summed E-state index contributed by atoms with van der Waals surface area (Å²) in [5.41, 5.74) is 0. The van der Waals surface area contributed by atoms with Crippen LogP contribution in [0.4, 0.5) is 0 Å². The predicted molar refractivity (Wildman–Crippen MR) is 47.8 cm³/mol. The van der Waals surface area contributed by atoms with Crippen molar-refractivity contribution in [2.75, 3.05) is 33.5 Å². The van der Waals surface area contributed by atoms with E-state index in [4.69, 9.17) is 0 Å². The predicted octanol–water partition coefficient (Wildman–Crippen LogP) is -0.448. The third-order valence-electron chi connectivity index (χ3n) is 1.04. The second-order valence-electron chi connectivity index (χ2n) is 2.41. The van der Waals surface area contributed by atoms with Crippen LogP contribution in [-0.2, 0) is 14.3 Å². The van der Waals surface area contributed by atoms with E-state index >= 15 is 0 Å². The third-order valence-corrected chi connectivity index (χ3v) is 2.23. The molecule has 0 radical (unpaired) electrons. The van der Waals surface area contributed by atoms with Gasteiger partial charge in [-0.1, -0.05) is 0 Å². The molecule has 0 heterocycles. The summed E-state index contributed by atoms with van der Waals surface area (Å²) in [4.78, 5) is 5.58. The van der Waals surface area contributed by atoms with Crippen molar-refractivity contribution in [3.05, 3.63) is 0 Å². The molecule has 0 aromatic heterocycles. The highest BCUT2D eigenvalue weighted by Crippen LogP contribution is 1.89. The number of nitrogens with zero attached hydrogens (tertiary/aromatic N) is 2. The quantitative estimate of drug-likeness (QED) is 0.338. The first kappa shape index (κ1) is 11.4. The SMILES string of the molecule is COS(=O)(=O)CCN=CN(C)C. The van der Waals surface area contributed by atoms with Crippen LogP contribution in [0.25, 0.3) is 0 Å². The molecule has 0 aliphatic carbocycles. The molecule has 0 unspecified atom stereocenters. The van der Waals surface area contributed by atoms with Gasteiger partial charge in [-0.2, -0.15) is 8.42 Å². The molecule has 0 atom stereocenters. The number of hydrogen-bond donors (Lipinski definition) is 0. The van der Waals surface area contributed by atoms with E-state index in [1.165, 1.54) is 0 Å². The molecule has 0 rings (SSSR count). The Kier molecular flexibility index (Phi) is 4.84. The summed E-state index contributed by atoms with van der Waals surface area (Å²) in [5, 5.41) is 0. The summed E-state index contributed by atoms with van der Waals surface area (Å²) in [7, 11) is 1.42. The van der Waals surface area contributed by atoms with Gasteiger partial charge < -0.3 is 4.90 Å². The van der Waals surface area contributed by atoms with E-state index in [1.54, 1.807) is 11.2 Å². The van der Waals surface area contributed by atoms with Crippen molar-refractivity contribution in [1.29, 1.82) is 0 Å². The van der Waals surface area contributed by atoms with Crippen LogP contribution < -0.4 is 0 Å². The van der Waals surface area contributed by atoms with Gasteiger partial charge in [-0.15, -0.1) is 0 Å². The first-order valence-corrected chi connectivity index (χ1v) is 5.00. The Balaban J connectivity index is 3.71. The van der Waals surface area contributed by atoms with Crippen LogP contribution in [0.15, 0.2) is 4.99 Å². The van der Waals surface area contributed by atoms with Gasteiger partial charge in [-0.25, -0.2) is 0 Å². The largest absolute Gasteiger partial charge is 0.369 e. The zero-order valence-corrected chi connectivity index (χ0v) is 8.34. The van der Waals surface area contributed by atoms with E-state index < -0.39 is 10.1 Å². The number of aliphatic imine (C=N–C) groups is 1. The topological polar surface area (TPSA) is 59.0 Å². The van der Waals surface area contributed by atoms with Crippen LogP contribution in [-0.4, -0.2) is 53.2 Å². The van der Waals surface area contributed by atoms with Gasteiger partial charge in [0.05, 0.1) is 25.7 Å². The Morgan fingerprint density at radius 1 is 1.50 bits per heavy atom. The Hall–Kier alpha value is -0.620. The summed E-state index contributed by atoms with van der Waals surface area (Å²) < 4.78 is 25.7. The maximum Gasteiger partial charge on any atom is 0.268 e. The maximum atomic E-state index is 10.7. The molecule has 0 amide bonds. The molecule has 5 nitrogen and oxygen atoms in total. The molecular formula is C6H14N2O3S. The molecule has 72 valence electrons. The maximum absolute atomic E-state index is 10.7. The Labute approximate surface area is 73.2 Å². The number of rotatable bonds is 5. The number of hydrogen-bond acceptors (Lipinski definition) is 4. The molecule has 12 heavy (non-hydrogen) atoms. The molecule has 6 heteroatoms. The van der Waals surface area contributed by atoms with E-state index in [2.05, 4.69) is 9.18 Å². The first-order chi connectivity index (χ1) is 5.48. The minimum atomic E-state index is -3.35. The summed E-state index contributed by atoms with van der Waals surface area (Å²) in [6.07, 6.45) is 1.56. The van der Waals surface area contributed by atoms with Crippen molar-refractivity contribution < 1.29 is 12.6 Å². The van der Waals surface area contributed by atoms with Crippen molar-refractivity contribution in [1.82, 2.24) is 4.90 Å². The van der Waals surface area contributed by atoms with Gasteiger partial charge in [0.15, 0.2) is 0 Å². The van der Waals surface area contributed by atoms with Crippen LogP contribution >= 0.6 is 0 Å². The highest BCUT2D eigenvalue weighted by Gasteiger charge is 2.05. The molecule has 0 fully saturated rings. The van der Waals surface area contributed by atoms with Crippen molar-refractivity contribution in [2.45, 2.75) is 0 Å². The molecule has 0 aromatic rings. The van der Waals surface area contributed by atoms with Crippen molar-refractivity contribution in [2.24, 2.45) is 4.99 Å². The van der Waals surface area contributed by atoms with Crippen LogP contribution in [0.2, 0.25) is 0 Å². The van der Waals surface area contributed by atoms with E-state index in [0.717, 1.165) is 7.11 Å². The lowest BCUT2D eigenvalue weighted by Gasteiger charge is -2.02. The van der Waals surface area contributed by atoms with Crippen molar-refractivity contribution in [3.8, 4) is 0 Å². The minimum Gasteiger partial charge on any atom is -0.369 e. The fraction of sp³-hybridized carbons (Fsp3) is 0.833. The second-order valence-corrected chi connectivity index (χ2v) is 4.27. The average Bonchev–Trinajstić information content (AvgIpc) is 1.98. The fourth-order valence-corrected chi connectivity index (χ4v) is 0.965. The zero-order valence-electron chi connectivity index (χ0n) is 7.52. The Bertz CT molecular complexity index is 233. The van der Waals surface area contributed by atoms with Gasteiger partial charge in [-0.05, 0) is 0 Å². The highest BCUT2D eigenvalue weighted by atomic mass is 32.2. The van der Waals surface area contributed by atoms with Crippen LogP contribution in [0.1, 0.15) is 0 Å². The summed E-state index contributed by atoms with van der Waals surface area (Å²) in [6, 6.07) is 0. The monoisotopic (exact) mass is 194 g/mol. The molecule has 0 aliphatic rings. The van der Waals surface area contributed by atoms with Gasteiger partial charge in [0.2, 0.25) is 0 Å². The molecule has 0 N–H and O–H groups in total. The van der Waals surface area contributed by atoms with Gasteiger partial charge >= 0.3 is 0 Å². The van der Waals surface area contributed by atoms with Crippen molar-refractivity contribution in [3.63, 3.8) is 0 Å². The van der Waals surface area contributed by atoms with Crippen LogP contribution in [0.3, 0.4) is 0 Å². The molecule has 0 spiro atoms. The standard InChI is InChI=1S/C6H14N2O3S/c1-8(2)6-7-4-5-12(9,10)11-3/h6H,4-5H2,1-3H3. The average molecular weight is 194 g/mol. The third kappa shape index (κ3) is 6.11. The molecule has 0 saturated carbocycles. The van der Waals surface area contributed by atoms with Gasteiger partial charge in [-0.3, -0.25) is 9.18 Å². The molecule has 0 aromatic carbocycles. The van der Waals surface area contributed by atoms with Gasteiger partial charge in [0, 0.05) is 14.1 Å². The van der Waals surface area contributed by atoms with E-state index in [9.17, 15) is 8.42 Å². The Morgan fingerprint density at radius 3 is 2.50 bits per heavy atom. The smallest absolute Gasteiger partial charge is 0.268 e. The first-order valence-electron chi connectivity index (χ1n) is 3.42. The lowest BCUT2D eigenvalue weighted by atomic mass is 10.8. The normalized spacial score (nSPS) is 12.2. The van der Waals surface area contributed by atoms with E-state index in [0.29, 0.717) is 0 Å². The van der Waals surface area contributed by atoms with Crippen molar-refractivity contribution >= 4 is 16.5 Å².